The Bertz CT molecular complexity index is 43.4. The smallest absolute Gasteiger partial charge is 0.0582 e. The quantitative estimate of drug-likeness (QED) is 0.599. The molecule has 0 aliphatic heterocycles. The highest BCUT2D eigenvalue weighted by molar-refractivity contribution is 5.85. The van der Waals surface area contributed by atoms with Crippen molar-refractivity contribution in [1.82, 2.24) is 0 Å². The first-order valence-corrected chi connectivity index (χ1v) is 2.67. The number of aliphatic hydroxyl groups excluding tert-OH is 1. The average Bonchev–Trinajstić information content (AvgIpc) is 1.68. The molecule has 2 nitrogen and oxygen atoms in total. The minimum absolute atomic E-state index is 0. The highest BCUT2D eigenvalue weighted by Gasteiger charge is 1.94. The molecule has 0 heterocycles. The number of aliphatic hydroxyl groups is 1. The minimum atomic E-state index is 0. The first-order chi connectivity index (χ1) is 3.31. The molecule has 52 valence electrons. The summed E-state index contributed by atoms with van der Waals surface area (Å²) in [6, 6.07) is 0.00463. The van der Waals surface area contributed by atoms with Gasteiger partial charge in [0.15, 0.2) is 0 Å². The summed E-state index contributed by atoms with van der Waals surface area (Å²) in [5, 5.41) is 8.34. The summed E-state index contributed by atoms with van der Waals surface area (Å²) in [4.78, 5) is 0. The van der Waals surface area contributed by atoms with Crippen LogP contribution in [0.15, 0.2) is 0 Å². The van der Waals surface area contributed by atoms with Crippen molar-refractivity contribution in [3.05, 3.63) is 0 Å². The zero-order chi connectivity index (χ0) is 5.70. The SMILES string of the molecule is CCC[C@@H](N)CO.Cl. The molecule has 3 N–H and O–H groups in total. The summed E-state index contributed by atoms with van der Waals surface area (Å²) in [6.45, 7) is 2.17. The van der Waals surface area contributed by atoms with Crippen molar-refractivity contribution in [2.24, 2.45) is 5.73 Å². The third kappa shape index (κ3) is 6.21. The van der Waals surface area contributed by atoms with Crippen LogP contribution in [0.25, 0.3) is 0 Å². The lowest BCUT2D eigenvalue weighted by atomic mass is 10.2. The Morgan fingerprint density at radius 2 is 2.12 bits per heavy atom. The van der Waals surface area contributed by atoms with Crippen LogP contribution in [0.4, 0.5) is 0 Å². The zero-order valence-electron chi connectivity index (χ0n) is 5.13. The van der Waals surface area contributed by atoms with Crippen LogP contribution in [0.3, 0.4) is 0 Å². The summed E-state index contributed by atoms with van der Waals surface area (Å²) in [7, 11) is 0. The summed E-state index contributed by atoms with van der Waals surface area (Å²) < 4.78 is 0. The van der Waals surface area contributed by atoms with Gasteiger partial charge in [0.05, 0.1) is 6.61 Å². The van der Waals surface area contributed by atoms with Gasteiger partial charge in [-0.2, -0.15) is 0 Å². The normalized spacial score (nSPS) is 12.4. The van der Waals surface area contributed by atoms with Crippen molar-refractivity contribution in [1.29, 1.82) is 0 Å². The molecule has 0 amide bonds. The molecular formula is C5H14ClNO. The molecule has 0 aromatic carbocycles. The maximum absolute atomic E-state index is 8.34. The van der Waals surface area contributed by atoms with Gasteiger partial charge in [0.1, 0.15) is 0 Å². The molecule has 0 aliphatic carbocycles. The van der Waals surface area contributed by atoms with Gasteiger partial charge in [-0.15, -0.1) is 12.4 Å². The first-order valence-electron chi connectivity index (χ1n) is 2.67. The third-order valence-corrected chi connectivity index (χ3v) is 0.894. The molecule has 8 heavy (non-hydrogen) atoms. The van der Waals surface area contributed by atoms with E-state index in [1.165, 1.54) is 0 Å². The van der Waals surface area contributed by atoms with Crippen LogP contribution in [0.1, 0.15) is 19.8 Å². The Hall–Kier alpha value is 0.210. The number of halogens is 1. The van der Waals surface area contributed by atoms with E-state index in [1.807, 2.05) is 0 Å². The maximum Gasteiger partial charge on any atom is 0.0582 e. The topological polar surface area (TPSA) is 46.2 Å². The van der Waals surface area contributed by atoms with E-state index >= 15 is 0 Å². The van der Waals surface area contributed by atoms with E-state index in [4.69, 9.17) is 10.8 Å². The van der Waals surface area contributed by atoms with Gasteiger partial charge in [0.25, 0.3) is 0 Å². The number of nitrogens with two attached hydrogens (primary N) is 1. The Morgan fingerprint density at radius 1 is 1.62 bits per heavy atom. The molecule has 0 saturated heterocycles. The Labute approximate surface area is 56.5 Å². The Kier molecular flexibility index (Phi) is 9.97. The van der Waals surface area contributed by atoms with E-state index in [9.17, 15) is 0 Å². The van der Waals surface area contributed by atoms with Crippen molar-refractivity contribution < 1.29 is 5.11 Å². The first kappa shape index (κ1) is 11.1. The van der Waals surface area contributed by atoms with E-state index < -0.39 is 0 Å². The summed E-state index contributed by atoms with van der Waals surface area (Å²) >= 11 is 0. The molecular weight excluding hydrogens is 126 g/mol. The van der Waals surface area contributed by atoms with Crippen molar-refractivity contribution in [3.8, 4) is 0 Å². The van der Waals surface area contributed by atoms with Gasteiger partial charge in [0.2, 0.25) is 0 Å². The van der Waals surface area contributed by atoms with E-state index in [1.54, 1.807) is 0 Å². The van der Waals surface area contributed by atoms with Crippen LogP contribution in [0.5, 0.6) is 0 Å². The van der Waals surface area contributed by atoms with Crippen LogP contribution in [-0.2, 0) is 0 Å². The molecule has 1 atom stereocenters. The fourth-order valence-electron chi connectivity index (χ4n) is 0.462. The van der Waals surface area contributed by atoms with E-state index in [0.717, 1.165) is 12.8 Å². The standard InChI is InChI=1S/C5H13NO.ClH/c1-2-3-5(6)4-7;/h5,7H,2-4,6H2,1H3;1H/t5-;/m1./s1. The van der Waals surface area contributed by atoms with Crippen LogP contribution >= 0.6 is 12.4 Å². The maximum atomic E-state index is 8.34. The largest absolute Gasteiger partial charge is 0.395 e. The van der Waals surface area contributed by atoms with Crippen molar-refractivity contribution in [3.63, 3.8) is 0 Å². The van der Waals surface area contributed by atoms with Crippen molar-refractivity contribution in [2.75, 3.05) is 6.61 Å². The lowest BCUT2D eigenvalue weighted by molar-refractivity contribution is 0.259. The Morgan fingerprint density at radius 3 is 2.25 bits per heavy atom. The second kappa shape index (κ2) is 7.21. The second-order valence-corrected chi connectivity index (χ2v) is 1.73. The zero-order valence-corrected chi connectivity index (χ0v) is 5.95. The van der Waals surface area contributed by atoms with Gasteiger partial charge < -0.3 is 10.8 Å². The van der Waals surface area contributed by atoms with Gasteiger partial charge in [-0.3, -0.25) is 0 Å². The number of hydrogen-bond acceptors (Lipinski definition) is 2. The summed E-state index contributed by atoms with van der Waals surface area (Å²) in [6.07, 6.45) is 1.98. The lowest BCUT2D eigenvalue weighted by Gasteiger charge is -2.02. The Balaban J connectivity index is 0. The van der Waals surface area contributed by atoms with Crippen LogP contribution < -0.4 is 5.73 Å². The van der Waals surface area contributed by atoms with Gasteiger partial charge in [0, 0.05) is 6.04 Å². The average molecular weight is 140 g/mol. The molecule has 0 aromatic heterocycles. The molecule has 0 unspecified atom stereocenters. The molecule has 0 aromatic rings. The fourth-order valence-corrected chi connectivity index (χ4v) is 0.462. The molecule has 0 radical (unpaired) electrons. The van der Waals surface area contributed by atoms with Crippen LogP contribution in [0.2, 0.25) is 0 Å². The van der Waals surface area contributed by atoms with Crippen LogP contribution in [-0.4, -0.2) is 17.8 Å². The summed E-state index contributed by atoms with van der Waals surface area (Å²) in [5.41, 5.74) is 5.33. The number of hydrogen-bond donors (Lipinski definition) is 2. The highest BCUT2D eigenvalue weighted by Crippen LogP contribution is 1.89. The molecule has 0 rings (SSSR count). The molecule has 0 fully saturated rings. The van der Waals surface area contributed by atoms with Crippen molar-refractivity contribution >= 4 is 12.4 Å². The molecule has 0 spiro atoms. The molecule has 0 bridgehead atoms. The third-order valence-electron chi connectivity index (χ3n) is 0.894. The predicted molar refractivity (Wildman–Crippen MR) is 37.2 cm³/mol. The lowest BCUT2D eigenvalue weighted by Crippen LogP contribution is -2.23. The molecule has 0 saturated carbocycles. The van der Waals surface area contributed by atoms with Crippen molar-refractivity contribution in [2.45, 2.75) is 25.8 Å². The highest BCUT2D eigenvalue weighted by atomic mass is 35.5. The predicted octanol–water partition coefficient (Wildman–Crippen LogP) is 0.528. The summed E-state index contributed by atoms with van der Waals surface area (Å²) in [5.74, 6) is 0. The van der Waals surface area contributed by atoms with Gasteiger partial charge in [-0.05, 0) is 6.42 Å². The monoisotopic (exact) mass is 139 g/mol. The molecule has 3 heteroatoms. The van der Waals surface area contributed by atoms with E-state index in [-0.39, 0.29) is 25.1 Å². The molecule has 0 aliphatic rings. The van der Waals surface area contributed by atoms with Crippen LogP contribution in [0, 0.1) is 0 Å². The van der Waals surface area contributed by atoms with E-state index in [2.05, 4.69) is 6.92 Å². The van der Waals surface area contributed by atoms with E-state index in [0.29, 0.717) is 0 Å². The number of rotatable bonds is 3. The van der Waals surface area contributed by atoms with Gasteiger partial charge in [-0.25, -0.2) is 0 Å². The second-order valence-electron chi connectivity index (χ2n) is 1.73. The fraction of sp³-hybridized carbons (Fsp3) is 1.00. The van der Waals surface area contributed by atoms with Gasteiger partial charge in [-0.1, -0.05) is 13.3 Å². The van der Waals surface area contributed by atoms with Gasteiger partial charge >= 0.3 is 0 Å². The minimum Gasteiger partial charge on any atom is -0.395 e.